The van der Waals surface area contributed by atoms with E-state index in [1.54, 1.807) is 0 Å². The van der Waals surface area contributed by atoms with Crippen LogP contribution in [-0.4, -0.2) is 23.0 Å². The van der Waals surface area contributed by atoms with Crippen LogP contribution in [0.2, 0.25) is 0 Å². The first-order valence-corrected chi connectivity index (χ1v) is 3.67. The summed E-state index contributed by atoms with van der Waals surface area (Å²) in [6, 6.07) is -1.45. The van der Waals surface area contributed by atoms with Gasteiger partial charge in [0.2, 0.25) is 0 Å². The molecular formula is C7H11F2NO2. The van der Waals surface area contributed by atoms with Gasteiger partial charge in [0, 0.05) is 0 Å². The fourth-order valence-electron chi connectivity index (χ4n) is 1.39. The van der Waals surface area contributed by atoms with Crippen LogP contribution in [0.4, 0.5) is 8.78 Å². The van der Waals surface area contributed by atoms with E-state index >= 15 is 0 Å². The van der Waals surface area contributed by atoms with Gasteiger partial charge in [-0.05, 0) is 19.8 Å². The summed E-state index contributed by atoms with van der Waals surface area (Å²) in [4.78, 5) is 10.4. The van der Waals surface area contributed by atoms with E-state index in [0.717, 1.165) is 6.92 Å². The van der Waals surface area contributed by atoms with E-state index in [1.807, 2.05) is 0 Å². The van der Waals surface area contributed by atoms with Crippen molar-refractivity contribution in [3.63, 3.8) is 0 Å². The van der Waals surface area contributed by atoms with Gasteiger partial charge in [-0.1, -0.05) is 0 Å². The summed E-state index contributed by atoms with van der Waals surface area (Å²) in [6.45, 7) is 0.725. The molecule has 12 heavy (non-hydrogen) atoms. The maximum Gasteiger partial charge on any atom is 0.321 e. The number of halogens is 2. The van der Waals surface area contributed by atoms with Gasteiger partial charge in [0.15, 0.2) is 0 Å². The maximum atomic E-state index is 12.8. The van der Waals surface area contributed by atoms with Crippen LogP contribution >= 0.6 is 0 Å². The van der Waals surface area contributed by atoms with Crippen molar-refractivity contribution in [2.75, 3.05) is 0 Å². The van der Waals surface area contributed by atoms with Crippen LogP contribution in [0.15, 0.2) is 0 Å². The molecule has 5 heteroatoms. The van der Waals surface area contributed by atoms with Crippen LogP contribution in [0.25, 0.3) is 0 Å². The number of hydrogen-bond acceptors (Lipinski definition) is 2. The van der Waals surface area contributed by atoms with E-state index < -0.39 is 23.3 Å². The predicted octanol–water partition coefficient (Wildman–Crippen LogP) is 0.834. The standard InChI is InChI=1S/C7H11F2NO2/c1-6(8,9)7(2-3-7)4(10)5(11)12/h4H,2-3,10H2,1H3,(H,11,12). The van der Waals surface area contributed by atoms with Gasteiger partial charge in [0.1, 0.15) is 6.04 Å². The Kier molecular flexibility index (Phi) is 1.87. The molecule has 0 heterocycles. The molecule has 1 saturated carbocycles. The largest absolute Gasteiger partial charge is 0.480 e. The van der Waals surface area contributed by atoms with Gasteiger partial charge in [-0.3, -0.25) is 4.79 Å². The van der Waals surface area contributed by atoms with Gasteiger partial charge in [-0.25, -0.2) is 8.78 Å². The Balaban J connectivity index is 2.80. The van der Waals surface area contributed by atoms with Gasteiger partial charge in [-0.15, -0.1) is 0 Å². The average molecular weight is 179 g/mol. The number of nitrogens with two attached hydrogens (primary N) is 1. The minimum atomic E-state index is -3.00. The summed E-state index contributed by atoms with van der Waals surface area (Å²) in [5.41, 5.74) is 3.68. The van der Waals surface area contributed by atoms with Crippen molar-refractivity contribution in [3.8, 4) is 0 Å². The molecule has 3 N–H and O–H groups in total. The van der Waals surface area contributed by atoms with Crippen molar-refractivity contribution < 1.29 is 18.7 Å². The number of carboxylic acid groups (broad SMARTS) is 1. The van der Waals surface area contributed by atoms with Gasteiger partial charge >= 0.3 is 5.97 Å². The molecule has 0 bridgehead atoms. The molecule has 1 aliphatic rings. The molecule has 1 rings (SSSR count). The van der Waals surface area contributed by atoms with Crippen LogP contribution in [-0.2, 0) is 4.79 Å². The van der Waals surface area contributed by atoms with E-state index in [2.05, 4.69) is 0 Å². The van der Waals surface area contributed by atoms with Crippen molar-refractivity contribution in [2.45, 2.75) is 31.7 Å². The molecule has 1 unspecified atom stereocenters. The fourth-order valence-corrected chi connectivity index (χ4v) is 1.39. The number of alkyl halides is 2. The second-order valence-electron chi connectivity index (χ2n) is 3.36. The van der Waals surface area contributed by atoms with Crippen LogP contribution in [0, 0.1) is 5.41 Å². The Morgan fingerprint density at radius 3 is 2.17 bits per heavy atom. The number of hydrogen-bond donors (Lipinski definition) is 2. The predicted molar refractivity (Wildman–Crippen MR) is 37.9 cm³/mol. The average Bonchev–Trinajstić information content (AvgIpc) is 2.62. The molecule has 0 radical (unpaired) electrons. The summed E-state index contributed by atoms with van der Waals surface area (Å²) >= 11 is 0. The fraction of sp³-hybridized carbons (Fsp3) is 0.857. The van der Waals surface area contributed by atoms with Crippen molar-refractivity contribution in [3.05, 3.63) is 0 Å². The summed E-state index contributed by atoms with van der Waals surface area (Å²) < 4.78 is 25.7. The SMILES string of the molecule is CC(F)(F)C1(C(N)C(=O)O)CC1. The number of aliphatic carboxylic acids is 1. The Morgan fingerprint density at radius 1 is 1.67 bits per heavy atom. The highest BCUT2D eigenvalue weighted by Crippen LogP contribution is 2.58. The molecular weight excluding hydrogens is 168 g/mol. The van der Waals surface area contributed by atoms with E-state index in [0.29, 0.717) is 0 Å². The van der Waals surface area contributed by atoms with Crippen LogP contribution in [0.1, 0.15) is 19.8 Å². The molecule has 0 aromatic rings. The molecule has 70 valence electrons. The molecule has 1 fully saturated rings. The normalized spacial score (nSPS) is 23.3. The molecule has 1 atom stereocenters. The number of carboxylic acids is 1. The van der Waals surface area contributed by atoms with Crippen LogP contribution < -0.4 is 5.73 Å². The molecule has 0 aromatic carbocycles. The zero-order valence-corrected chi connectivity index (χ0v) is 6.68. The van der Waals surface area contributed by atoms with Crippen molar-refractivity contribution in [1.29, 1.82) is 0 Å². The summed E-state index contributed by atoms with van der Waals surface area (Å²) in [5.74, 6) is -4.35. The highest BCUT2D eigenvalue weighted by Gasteiger charge is 2.64. The van der Waals surface area contributed by atoms with Gasteiger partial charge in [0.25, 0.3) is 5.92 Å². The van der Waals surface area contributed by atoms with E-state index in [9.17, 15) is 13.6 Å². The first-order valence-electron chi connectivity index (χ1n) is 3.67. The highest BCUT2D eigenvalue weighted by molar-refractivity contribution is 5.75. The first-order chi connectivity index (χ1) is 5.31. The number of rotatable bonds is 3. The third kappa shape index (κ3) is 1.18. The van der Waals surface area contributed by atoms with E-state index in [-0.39, 0.29) is 12.8 Å². The summed E-state index contributed by atoms with van der Waals surface area (Å²) in [7, 11) is 0. The number of carbonyl (C=O) groups is 1. The van der Waals surface area contributed by atoms with Gasteiger partial charge in [0.05, 0.1) is 5.41 Å². The molecule has 3 nitrogen and oxygen atoms in total. The summed E-state index contributed by atoms with van der Waals surface area (Å²) in [5, 5.41) is 8.46. The highest BCUT2D eigenvalue weighted by atomic mass is 19.3. The topological polar surface area (TPSA) is 63.3 Å². The minimum Gasteiger partial charge on any atom is -0.480 e. The van der Waals surface area contributed by atoms with Gasteiger partial charge in [-0.2, -0.15) is 0 Å². The molecule has 1 aliphatic carbocycles. The lowest BCUT2D eigenvalue weighted by atomic mass is 9.91. The van der Waals surface area contributed by atoms with Crippen molar-refractivity contribution in [1.82, 2.24) is 0 Å². The Labute approximate surface area is 68.5 Å². The Bertz CT molecular complexity index is 208. The van der Waals surface area contributed by atoms with Crippen molar-refractivity contribution in [2.24, 2.45) is 11.1 Å². The summed E-state index contributed by atoms with van der Waals surface area (Å²) in [6.07, 6.45) is 0.397. The third-order valence-corrected chi connectivity index (χ3v) is 2.52. The molecule has 0 saturated heterocycles. The van der Waals surface area contributed by atoms with Crippen LogP contribution in [0.3, 0.4) is 0 Å². The molecule has 0 amide bonds. The van der Waals surface area contributed by atoms with Crippen LogP contribution in [0.5, 0.6) is 0 Å². The zero-order chi connectivity index (χ0) is 9.57. The molecule has 0 aliphatic heterocycles. The first kappa shape index (κ1) is 9.38. The second-order valence-corrected chi connectivity index (χ2v) is 3.36. The monoisotopic (exact) mass is 179 g/mol. The smallest absolute Gasteiger partial charge is 0.321 e. The van der Waals surface area contributed by atoms with Gasteiger partial charge < -0.3 is 10.8 Å². The third-order valence-electron chi connectivity index (χ3n) is 2.52. The van der Waals surface area contributed by atoms with E-state index in [1.165, 1.54) is 0 Å². The Hall–Kier alpha value is -0.710. The van der Waals surface area contributed by atoms with E-state index in [4.69, 9.17) is 10.8 Å². The second kappa shape index (κ2) is 2.39. The lowest BCUT2D eigenvalue weighted by Gasteiger charge is -2.25. The minimum absolute atomic E-state index is 0.198. The van der Waals surface area contributed by atoms with Crippen molar-refractivity contribution >= 4 is 5.97 Å². The lowest BCUT2D eigenvalue weighted by molar-refractivity contribution is -0.147. The lowest BCUT2D eigenvalue weighted by Crippen LogP contribution is -2.47. The maximum absolute atomic E-state index is 12.8. The molecule has 0 aromatic heterocycles. The Morgan fingerprint density at radius 2 is 2.08 bits per heavy atom. The molecule has 0 spiro atoms. The zero-order valence-electron chi connectivity index (χ0n) is 6.68. The quantitative estimate of drug-likeness (QED) is 0.674.